The maximum atomic E-state index is 11.4. The van der Waals surface area contributed by atoms with Crippen LogP contribution in [-0.2, 0) is 6.61 Å². The van der Waals surface area contributed by atoms with Crippen molar-refractivity contribution in [2.45, 2.75) is 13.5 Å². The van der Waals surface area contributed by atoms with E-state index < -0.39 is 5.63 Å². The highest BCUT2D eigenvalue weighted by Crippen LogP contribution is 2.22. The zero-order valence-corrected chi connectivity index (χ0v) is 11.7. The lowest BCUT2D eigenvalue weighted by atomic mass is 10.1. The molecule has 22 heavy (non-hydrogen) atoms. The molecular formula is C14H13N5O3. The van der Waals surface area contributed by atoms with Crippen molar-refractivity contribution in [1.29, 1.82) is 0 Å². The number of aryl methyl sites for hydroxylation is 1. The van der Waals surface area contributed by atoms with Crippen molar-refractivity contribution in [2.75, 3.05) is 11.5 Å². The number of rotatable bonds is 3. The van der Waals surface area contributed by atoms with Gasteiger partial charge in [0, 0.05) is 17.5 Å². The Bertz CT molecular complexity index is 886. The van der Waals surface area contributed by atoms with Gasteiger partial charge >= 0.3 is 5.63 Å². The summed E-state index contributed by atoms with van der Waals surface area (Å²) in [5.41, 5.74) is 11.9. The average molecular weight is 299 g/mol. The van der Waals surface area contributed by atoms with E-state index in [1.165, 1.54) is 6.07 Å². The minimum absolute atomic E-state index is 0.0335. The highest BCUT2D eigenvalue weighted by molar-refractivity contribution is 5.81. The van der Waals surface area contributed by atoms with Gasteiger partial charge in [0.2, 0.25) is 11.9 Å². The standard InChI is InChI=1S/C14H13N5O3/c1-7-4-12(20)22-10-5-8(2-3-9(7)10)21-6-11-17-13(15)19-14(16)18-11/h2-5H,6H2,1H3,(H4,15,16,17,18,19). The van der Waals surface area contributed by atoms with E-state index in [1.54, 1.807) is 12.1 Å². The van der Waals surface area contributed by atoms with Gasteiger partial charge in [-0.3, -0.25) is 0 Å². The maximum absolute atomic E-state index is 11.4. The Kier molecular flexibility index (Phi) is 3.34. The van der Waals surface area contributed by atoms with E-state index in [9.17, 15) is 4.79 Å². The molecule has 2 heterocycles. The van der Waals surface area contributed by atoms with Gasteiger partial charge in [0.25, 0.3) is 0 Å². The predicted octanol–water partition coefficient (Wildman–Crippen LogP) is 1.03. The summed E-state index contributed by atoms with van der Waals surface area (Å²) in [4.78, 5) is 22.9. The summed E-state index contributed by atoms with van der Waals surface area (Å²) in [6.45, 7) is 1.91. The van der Waals surface area contributed by atoms with Crippen LogP contribution in [0.1, 0.15) is 11.4 Å². The van der Waals surface area contributed by atoms with Crippen LogP contribution in [0, 0.1) is 6.92 Å². The Balaban J connectivity index is 1.86. The number of nitrogens with zero attached hydrogens (tertiary/aromatic N) is 3. The average Bonchev–Trinajstić information content (AvgIpc) is 2.43. The minimum atomic E-state index is -0.403. The van der Waals surface area contributed by atoms with Gasteiger partial charge in [0.05, 0.1) is 0 Å². The SMILES string of the molecule is Cc1cc(=O)oc2cc(OCc3nc(N)nc(N)n3)ccc12. The second-order valence-electron chi connectivity index (χ2n) is 4.66. The molecular weight excluding hydrogens is 286 g/mol. The number of benzene rings is 1. The fraction of sp³-hybridized carbons (Fsp3) is 0.143. The number of nitrogen functional groups attached to an aromatic ring is 2. The molecule has 1 aromatic carbocycles. The predicted molar refractivity (Wildman–Crippen MR) is 80.2 cm³/mol. The van der Waals surface area contributed by atoms with Crippen molar-refractivity contribution in [2.24, 2.45) is 0 Å². The van der Waals surface area contributed by atoms with Gasteiger partial charge in [-0.1, -0.05) is 0 Å². The third-order valence-electron chi connectivity index (χ3n) is 3.01. The van der Waals surface area contributed by atoms with Crippen molar-refractivity contribution >= 4 is 22.9 Å². The number of ether oxygens (including phenoxy) is 1. The zero-order valence-electron chi connectivity index (χ0n) is 11.7. The van der Waals surface area contributed by atoms with Crippen LogP contribution in [0.15, 0.2) is 33.5 Å². The van der Waals surface area contributed by atoms with E-state index in [0.29, 0.717) is 17.2 Å². The molecule has 0 fully saturated rings. The van der Waals surface area contributed by atoms with E-state index in [1.807, 2.05) is 13.0 Å². The summed E-state index contributed by atoms with van der Waals surface area (Å²) in [6.07, 6.45) is 0. The van der Waals surface area contributed by atoms with Gasteiger partial charge in [0.1, 0.15) is 17.9 Å². The lowest BCUT2D eigenvalue weighted by Crippen LogP contribution is -2.09. The number of hydrogen-bond acceptors (Lipinski definition) is 8. The number of anilines is 2. The molecule has 0 unspecified atom stereocenters. The molecule has 8 nitrogen and oxygen atoms in total. The first kappa shape index (κ1) is 13.8. The molecule has 3 rings (SSSR count). The number of hydrogen-bond donors (Lipinski definition) is 2. The van der Waals surface area contributed by atoms with Gasteiger partial charge in [-0.25, -0.2) is 4.79 Å². The summed E-state index contributed by atoms with van der Waals surface area (Å²) in [7, 11) is 0. The quantitative estimate of drug-likeness (QED) is 0.686. The molecule has 0 spiro atoms. The lowest BCUT2D eigenvalue weighted by molar-refractivity contribution is 0.296. The Labute approximate surface area is 124 Å². The first-order valence-corrected chi connectivity index (χ1v) is 6.44. The molecule has 0 saturated heterocycles. The van der Waals surface area contributed by atoms with E-state index >= 15 is 0 Å². The molecule has 0 aliphatic carbocycles. The topological polar surface area (TPSA) is 130 Å². The van der Waals surface area contributed by atoms with Gasteiger partial charge < -0.3 is 20.6 Å². The monoisotopic (exact) mass is 299 g/mol. The summed E-state index contributed by atoms with van der Waals surface area (Å²) in [6, 6.07) is 6.67. The van der Waals surface area contributed by atoms with Gasteiger partial charge in [0.15, 0.2) is 5.82 Å². The molecule has 112 valence electrons. The summed E-state index contributed by atoms with van der Waals surface area (Å²) >= 11 is 0. The molecule has 0 saturated carbocycles. The van der Waals surface area contributed by atoms with Crippen molar-refractivity contribution in [1.82, 2.24) is 15.0 Å². The smallest absolute Gasteiger partial charge is 0.336 e. The highest BCUT2D eigenvalue weighted by Gasteiger charge is 2.06. The maximum Gasteiger partial charge on any atom is 0.336 e. The molecule has 8 heteroatoms. The number of fused-ring (bicyclic) bond motifs is 1. The number of aromatic nitrogens is 3. The van der Waals surface area contributed by atoms with E-state index in [0.717, 1.165) is 10.9 Å². The van der Waals surface area contributed by atoms with Crippen molar-refractivity contribution in [3.63, 3.8) is 0 Å². The van der Waals surface area contributed by atoms with Crippen LogP contribution in [0.25, 0.3) is 11.0 Å². The van der Waals surface area contributed by atoms with Gasteiger partial charge in [-0.2, -0.15) is 15.0 Å². The van der Waals surface area contributed by atoms with E-state index in [-0.39, 0.29) is 18.5 Å². The fourth-order valence-corrected chi connectivity index (χ4v) is 2.06. The summed E-state index contributed by atoms with van der Waals surface area (Å²) in [5, 5.41) is 0.848. The van der Waals surface area contributed by atoms with Crippen LogP contribution in [0.3, 0.4) is 0 Å². The van der Waals surface area contributed by atoms with Crippen LogP contribution < -0.4 is 21.8 Å². The Morgan fingerprint density at radius 1 is 1.14 bits per heavy atom. The van der Waals surface area contributed by atoms with E-state index in [4.69, 9.17) is 20.6 Å². The van der Waals surface area contributed by atoms with Crippen LogP contribution in [0.4, 0.5) is 11.9 Å². The first-order valence-electron chi connectivity index (χ1n) is 6.44. The van der Waals surface area contributed by atoms with Crippen molar-refractivity contribution < 1.29 is 9.15 Å². The molecule has 0 radical (unpaired) electrons. The third kappa shape index (κ3) is 2.80. The number of nitrogens with two attached hydrogens (primary N) is 2. The molecule has 2 aromatic heterocycles. The highest BCUT2D eigenvalue weighted by atomic mass is 16.5. The van der Waals surface area contributed by atoms with Crippen LogP contribution in [0.2, 0.25) is 0 Å². The van der Waals surface area contributed by atoms with Crippen molar-refractivity contribution in [3.8, 4) is 5.75 Å². The first-order chi connectivity index (χ1) is 10.5. The summed E-state index contributed by atoms with van der Waals surface area (Å²) in [5.74, 6) is 0.895. The molecule has 3 aromatic rings. The Hall–Kier alpha value is -3.16. The minimum Gasteiger partial charge on any atom is -0.485 e. The van der Waals surface area contributed by atoms with Crippen molar-refractivity contribution in [3.05, 3.63) is 46.1 Å². The van der Waals surface area contributed by atoms with Crippen LogP contribution >= 0.6 is 0 Å². The Morgan fingerprint density at radius 2 is 1.86 bits per heavy atom. The summed E-state index contributed by atoms with van der Waals surface area (Å²) < 4.78 is 10.7. The molecule has 4 N–H and O–H groups in total. The molecule has 0 aliphatic rings. The lowest BCUT2D eigenvalue weighted by Gasteiger charge is -2.07. The molecule has 0 bridgehead atoms. The van der Waals surface area contributed by atoms with Crippen LogP contribution in [-0.4, -0.2) is 15.0 Å². The Morgan fingerprint density at radius 3 is 2.59 bits per heavy atom. The largest absolute Gasteiger partial charge is 0.485 e. The normalized spacial score (nSPS) is 10.8. The van der Waals surface area contributed by atoms with Gasteiger partial charge in [-0.05, 0) is 24.6 Å². The van der Waals surface area contributed by atoms with Gasteiger partial charge in [-0.15, -0.1) is 0 Å². The molecule has 0 aliphatic heterocycles. The molecule has 0 atom stereocenters. The molecule has 0 amide bonds. The van der Waals surface area contributed by atoms with E-state index in [2.05, 4.69) is 15.0 Å². The zero-order chi connectivity index (χ0) is 15.7. The van der Waals surface area contributed by atoms with Crippen LogP contribution in [0.5, 0.6) is 5.75 Å². The second-order valence-corrected chi connectivity index (χ2v) is 4.66. The fourth-order valence-electron chi connectivity index (χ4n) is 2.06. The third-order valence-corrected chi connectivity index (χ3v) is 3.01. The second kappa shape index (κ2) is 5.32.